The van der Waals surface area contributed by atoms with Crippen molar-refractivity contribution in [1.82, 2.24) is 10.3 Å². The Morgan fingerprint density at radius 3 is 2.33 bits per heavy atom. The molecule has 0 saturated carbocycles. The van der Waals surface area contributed by atoms with Gasteiger partial charge in [-0.05, 0) is 48.9 Å². The van der Waals surface area contributed by atoms with Crippen molar-refractivity contribution in [2.75, 3.05) is 10.6 Å². The fraction of sp³-hybridized carbons (Fsp3) is 0.250. The first kappa shape index (κ1) is 17.9. The second kappa shape index (κ2) is 7.39. The topological polar surface area (TPSA) is 79.4 Å². The molecule has 8 heteroatoms. The minimum absolute atomic E-state index is 0.227. The summed E-state index contributed by atoms with van der Waals surface area (Å²) in [4.78, 5) is 16.2. The van der Waals surface area contributed by atoms with Crippen LogP contribution in [0.3, 0.4) is 0 Å². The van der Waals surface area contributed by atoms with Crippen molar-refractivity contribution in [3.8, 4) is 0 Å². The number of anilines is 1. The number of nitrogens with one attached hydrogen (secondary N) is 1. The molecule has 0 saturated heterocycles. The Bertz CT molecular complexity index is 795. The molecule has 1 aromatic carbocycles. The minimum atomic E-state index is -3.72. The number of hydrogen-bond donors (Lipinski definition) is 1. The number of pyridine rings is 1. The Kier molecular flexibility index (Phi) is 5.50. The summed E-state index contributed by atoms with van der Waals surface area (Å²) in [6.07, 6.45) is 4.21. The highest BCUT2D eigenvalue weighted by Gasteiger charge is 2.28. The monoisotopic (exact) mass is 351 g/mol. The van der Waals surface area contributed by atoms with E-state index in [2.05, 4.69) is 10.3 Å². The summed E-state index contributed by atoms with van der Waals surface area (Å²) in [6.45, 7) is 1.74. The number of hydrogen-bond acceptors (Lipinski definition) is 4. The highest BCUT2D eigenvalue weighted by atomic mass is 32.2. The van der Waals surface area contributed by atoms with Crippen LogP contribution in [0.4, 0.5) is 10.1 Å². The van der Waals surface area contributed by atoms with E-state index in [1.165, 1.54) is 19.1 Å². The number of amides is 1. The number of nitrogens with zero attached hydrogens (tertiary/aromatic N) is 2. The van der Waals surface area contributed by atoms with Crippen molar-refractivity contribution in [3.05, 3.63) is 60.2 Å². The van der Waals surface area contributed by atoms with Crippen molar-refractivity contribution < 1.29 is 17.6 Å². The van der Waals surface area contributed by atoms with Crippen molar-refractivity contribution in [1.29, 1.82) is 0 Å². The fourth-order valence-electron chi connectivity index (χ4n) is 2.23. The molecule has 0 aliphatic carbocycles. The summed E-state index contributed by atoms with van der Waals surface area (Å²) in [5.74, 6) is -0.941. The number of sulfonamides is 1. The van der Waals surface area contributed by atoms with Crippen molar-refractivity contribution in [2.24, 2.45) is 0 Å². The van der Waals surface area contributed by atoms with Gasteiger partial charge in [-0.25, -0.2) is 12.8 Å². The average Bonchev–Trinajstić information content (AvgIpc) is 2.54. The molecule has 2 rings (SSSR count). The number of benzene rings is 1. The van der Waals surface area contributed by atoms with E-state index in [-0.39, 0.29) is 12.2 Å². The van der Waals surface area contributed by atoms with Crippen LogP contribution in [0.1, 0.15) is 12.5 Å². The van der Waals surface area contributed by atoms with Gasteiger partial charge in [0.15, 0.2) is 0 Å². The molecule has 1 atom stereocenters. The summed E-state index contributed by atoms with van der Waals surface area (Å²) in [7, 11) is -3.72. The van der Waals surface area contributed by atoms with Crippen LogP contribution in [-0.2, 0) is 21.4 Å². The highest BCUT2D eigenvalue weighted by molar-refractivity contribution is 7.92. The SMILES string of the molecule is CC(C(=O)NCc1ccncc1)N(c1ccc(F)cc1)S(C)(=O)=O. The Hall–Kier alpha value is -2.48. The molecule has 1 unspecified atom stereocenters. The van der Waals surface area contributed by atoms with Crippen LogP contribution in [-0.4, -0.2) is 31.6 Å². The summed E-state index contributed by atoms with van der Waals surface area (Å²) in [5.41, 5.74) is 1.07. The first-order valence-corrected chi connectivity index (χ1v) is 9.05. The molecule has 0 aliphatic rings. The van der Waals surface area contributed by atoms with Gasteiger partial charge in [0, 0.05) is 18.9 Å². The first-order valence-electron chi connectivity index (χ1n) is 7.20. The molecule has 1 N–H and O–H groups in total. The Morgan fingerprint density at radius 1 is 1.21 bits per heavy atom. The third kappa shape index (κ3) is 4.51. The van der Waals surface area contributed by atoms with Crippen LogP contribution in [0, 0.1) is 5.82 Å². The second-order valence-electron chi connectivity index (χ2n) is 5.28. The van der Waals surface area contributed by atoms with E-state index >= 15 is 0 Å². The molecule has 0 spiro atoms. The Balaban J connectivity index is 2.17. The first-order chi connectivity index (χ1) is 11.3. The maximum absolute atomic E-state index is 13.1. The van der Waals surface area contributed by atoms with E-state index in [4.69, 9.17) is 0 Å². The number of carbonyl (C=O) groups excluding carboxylic acids is 1. The molecule has 24 heavy (non-hydrogen) atoms. The largest absolute Gasteiger partial charge is 0.350 e. The van der Waals surface area contributed by atoms with Gasteiger partial charge in [0.25, 0.3) is 0 Å². The van der Waals surface area contributed by atoms with Gasteiger partial charge in [-0.1, -0.05) is 0 Å². The number of carbonyl (C=O) groups is 1. The molecule has 1 amide bonds. The number of halogens is 1. The van der Waals surface area contributed by atoms with Gasteiger partial charge in [0.1, 0.15) is 11.9 Å². The highest BCUT2D eigenvalue weighted by Crippen LogP contribution is 2.21. The van der Waals surface area contributed by atoms with Gasteiger partial charge in [-0.15, -0.1) is 0 Å². The van der Waals surface area contributed by atoms with Gasteiger partial charge >= 0.3 is 0 Å². The van der Waals surface area contributed by atoms with E-state index in [1.807, 2.05) is 0 Å². The lowest BCUT2D eigenvalue weighted by Gasteiger charge is -2.28. The van der Waals surface area contributed by atoms with Crippen molar-refractivity contribution in [2.45, 2.75) is 19.5 Å². The van der Waals surface area contributed by atoms with Crippen molar-refractivity contribution >= 4 is 21.6 Å². The zero-order valence-corrected chi connectivity index (χ0v) is 14.1. The molecule has 1 heterocycles. The van der Waals surface area contributed by atoms with Crippen molar-refractivity contribution in [3.63, 3.8) is 0 Å². The predicted octanol–water partition coefficient (Wildman–Crippen LogP) is 1.69. The second-order valence-corrected chi connectivity index (χ2v) is 7.14. The summed E-state index contributed by atoms with van der Waals surface area (Å²) < 4.78 is 38.2. The lowest BCUT2D eigenvalue weighted by atomic mass is 10.2. The average molecular weight is 351 g/mol. The van der Waals surface area contributed by atoms with Crippen LogP contribution in [0.5, 0.6) is 0 Å². The standard InChI is InChI=1S/C16H18FN3O3S/c1-12(16(21)19-11-13-7-9-18-10-8-13)20(24(2,22)23)15-5-3-14(17)4-6-15/h3-10,12H,11H2,1-2H3,(H,19,21). The van der Waals surface area contributed by atoms with Crippen LogP contribution < -0.4 is 9.62 Å². The molecule has 1 aromatic heterocycles. The van der Waals surface area contributed by atoms with Gasteiger partial charge < -0.3 is 5.32 Å². The smallest absolute Gasteiger partial charge is 0.243 e. The van der Waals surface area contributed by atoms with Crippen LogP contribution in [0.25, 0.3) is 0 Å². The minimum Gasteiger partial charge on any atom is -0.350 e. The predicted molar refractivity (Wildman–Crippen MR) is 89.3 cm³/mol. The normalized spacial score (nSPS) is 12.5. The molecular formula is C16H18FN3O3S. The molecular weight excluding hydrogens is 333 g/mol. The molecule has 2 aromatic rings. The molecule has 0 aliphatic heterocycles. The molecule has 0 bridgehead atoms. The molecule has 0 radical (unpaired) electrons. The van der Waals surface area contributed by atoms with E-state index in [0.717, 1.165) is 28.3 Å². The molecule has 0 fully saturated rings. The van der Waals surface area contributed by atoms with Crippen LogP contribution in [0.2, 0.25) is 0 Å². The Morgan fingerprint density at radius 2 is 1.79 bits per heavy atom. The fourth-order valence-corrected chi connectivity index (χ4v) is 3.41. The van der Waals surface area contributed by atoms with Gasteiger partial charge in [0.2, 0.25) is 15.9 Å². The third-order valence-electron chi connectivity index (χ3n) is 3.39. The Labute approximate surface area is 140 Å². The molecule has 6 nitrogen and oxygen atoms in total. The van der Waals surface area contributed by atoms with E-state index in [1.54, 1.807) is 24.5 Å². The lowest BCUT2D eigenvalue weighted by Crippen LogP contribution is -2.47. The third-order valence-corrected chi connectivity index (χ3v) is 4.63. The summed E-state index contributed by atoms with van der Waals surface area (Å²) >= 11 is 0. The molecule has 128 valence electrons. The van der Waals surface area contributed by atoms with Gasteiger partial charge in [-0.2, -0.15) is 0 Å². The van der Waals surface area contributed by atoms with Gasteiger partial charge in [0.05, 0.1) is 11.9 Å². The van der Waals surface area contributed by atoms with Crippen LogP contribution in [0.15, 0.2) is 48.8 Å². The summed E-state index contributed by atoms with van der Waals surface area (Å²) in [5, 5.41) is 2.69. The van der Waals surface area contributed by atoms with Gasteiger partial charge in [-0.3, -0.25) is 14.1 Å². The zero-order chi connectivity index (χ0) is 17.7. The summed E-state index contributed by atoms with van der Waals surface area (Å²) in [6, 6.07) is 7.46. The maximum Gasteiger partial charge on any atom is 0.243 e. The lowest BCUT2D eigenvalue weighted by molar-refractivity contribution is -0.122. The van der Waals surface area contributed by atoms with Crippen LogP contribution >= 0.6 is 0 Å². The van der Waals surface area contributed by atoms with E-state index in [0.29, 0.717) is 0 Å². The van der Waals surface area contributed by atoms with E-state index < -0.39 is 27.8 Å². The van der Waals surface area contributed by atoms with E-state index in [9.17, 15) is 17.6 Å². The number of aromatic nitrogens is 1. The quantitative estimate of drug-likeness (QED) is 0.859. The maximum atomic E-state index is 13.1. The zero-order valence-electron chi connectivity index (χ0n) is 13.3. The number of rotatable bonds is 6.